The molecule has 0 radical (unpaired) electrons. The molecule has 0 unspecified atom stereocenters. The minimum Gasteiger partial charge on any atom is -0.497 e. The maximum atomic E-state index is 13.1. The maximum Gasteiger partial charge on any atom is 0.243 e. The van der Waals surface area contributed by atoms with E-state index in [0.29, 0.717) is 43.4 Å². The van der Waals surface area contributed by atoms with Crippen LogP contribution in [0, 0.1) is 23.2 Å². The van der Waals surface area contributed by atoms with E-state index < -0.39 is 10.0 Å². The van der Waals surface area contributed by atoms with Crippen molar-refractivity contribution >= 4 is 15.9 Å². The van der Waals surface area contributed by atoms with Crippen molar-refractivity contribution in [3.05, 3.63) is 24.3 Å². The SMILES string of the molecule is COc1ccc(S(=O)(=O)N2CCN(CCNC(=O)C34CC5CC(CC(C5)C3)C4)CC2)cc1. The molecule has 0 atom stereocenters. The van der Waals surface area contributed by atoms with E-state index in [9.17, 15) is 13.2 Å². The van der Waals surface area contributed by atoms with Gasteiger partial charge in [-0.15, -0.1) is 0 Å². The number of ether oxygens (including phenoxy) is 1. The van der Waals surface area contributed by atoms with Crippen LogP contribution in [0.15, 0.2) is 29.2 Å². The molecule has 176 valence electrons. The molecular formula is C24H35N3O4S. The van der Waals surface area contributed by atoms with Crippen LogP contribution in [0.3, 0.4) is 0 Å². The fourth-order valence-electron chi connectivity index (χ4n) is 6.99. The molecule has 1 N–H and O–H groups in total. The van der Waals surface area contributed by atoms with Gasteiger partial charge in [0.15, 0.2) is 0 Å². The van der Waals surface area contributed by atoms with E-state index >= 15 is 0 Å². The molecule has 6 rings (SSSR count). The summed E-state index contributed by atoms with van der Waals surface area (Å²) in [6.07, 6.45) is 7.30. The topological polar surface area (TPSA) is 79.0 Å². The standard InChI is InChI=1S/C24H35N3O4S/c1-31-21-2-4-22(5-3-21)32(29,30)27-10-8-26(9-11-27)7-6-25-23(28)24-15-18-12-19(16-24)14-20(13-18)17-24/h2-5,18-20H,6-17H2,1H3,(H,25,28). The van der Waals surface area contributed by atoms with E-state index in [4.69, 9.17) is 4.74 Å². The number of sulfonamides is 1. The molecule has 0 spiro atoms. The van der Waals surface area contributed by atoms with Gasteiger partial charge in [0.25, 0.3) is 0 Å². The van der Waals surface area contributed by atoms with Gasteiger partial charge in [-0.05, 0) is 80.5 Å². The fraction of sp³-hybridized carbons (Fsp3) is 0.708. The Hall–Kier alpha value is -1.64. The lowest BCUT2D eigenvalue weighted by Crippen LogP contribution is -2.55. The monoisotopic (exact) mass is 461 g/mol. The quantitative estimate of drug-likeness (QED) is 0.674. The lowest BCUT2D eigenvalue weighted by Gasteiger charge is -2.55. The summed E-state index contributed by atoms with van der Waals surface area (Å²) in [4.78, 5) is 15.6. The van der Waals surface area contributed by atoms with Crippen LogP contribution in [0.4, 0.5) is 0 Å². The second-order valence-corrected chi connectivity index (χ2v) is 12.3. The Morgan fingerprint density at radius 3 is 2.09 bits per heavy atom. The number of piperazine rings is 1. The second-order valence-electron chi connectivity index (χ2n) is 10.4. The Morgan fingerprint density at radius 2 is 1.56 bits per heavy atom. The number of nitrogens with one attached hydrogen (secondary N) is 1. The van der Waals surface area contributed by atoms with Gasteiger partial charge in [-0.2, -0.15) is 4.31 Å². The zero-order valence-corrected chi connectivity index (χ0v) is 19.8. The van der Waals surface area contributed by atoms with Gasteiger partial charge >= 0.3 is 0 Å². The average Bonchev–Trinajstić information content (AvgIpc) is 2.78. The predicted octanol–water partition coefficient (Wildman–Crippen LogP) is 2.33. The van der Waals surface area contributed by atoms with Gasteiger partial charge in [-0.3, -0.25) is 9.69 Å². The number of benzene rings is 1. The molecule has 1 aromatic rings. The van der Waals surface area contributed by atoms with Crippen molar-refractivity contribution in [2.75, 3.05) is 46.4 Å². The first-order chi connectivity index (χ1) is 15.4. The van der Waals surface area contributed by atoms with Crippen LogP contribution in [0.25, 0.3) is 0 Å². The first-order valence-corrected chi connectivity index (χ1v) is 13.5. The highest BCUT2D eigenvalue weighted by Crippen LogP contribution is 2.60. The highest BCUT2D eigenvalue weighted by atomic mass is 32.2. The Balaban J connectivity index is 1.09. The summed E-state index contributed by atoms with van der Waals surface area (Å²) < 4.78 is 32.5. The van der Waals surface area contributed by atoms with Gasteiger partial charge < -0.3 is 10.1 Å². The highest BCUT2D eigenvalue weighted by molar-refractivity contribution is 7.89. The Labute approximate surface area is 191 Å². The van der Waals surface area contributed by atoms with Crippen molar-refractivity contribution in [3.63, 3.8) is 0 Å². The number of carbonyl (C=O) groups is 1. The van der Waals surface area contributed by atoms with Crippen molar-refractivity contribution in [2.24, 2.45) is 23.2 Å². The molecule has 0 aromatic heterocycles. The molecule has 4 aliphatic carbocycles. The summed E-state index contributed by atoms with van der Waals surface area (Å²) in [5, 5.41) is 3.24. The molecule has 1 aliphatic heterocycles. The van der Waals surface area contributed by atoms with E-state index in [2.05, 4.69) is 10.2 Å². The van der Waals surface area contributed by atoms with Gasteiger partial charge in [0, 0.05) is 44.7 Å². The van der Waals surface area contributed by atoms with Crippen LogP contribution in [-0.4, -0.2) is 69.9 Å². The predicted molar refractivity (Wildman–Crippen MR) is 122 cm³/mol. The lowest BCUT2D eigenvalue weighted by atomic mass is 9.49. The zero-order chi connectivity index (χ0) is 22.3. The van der Waals surface area contributed by atoms with Crippen molar-refractivity contribution in [2.45, 2.75) is 43.4 Å². The van der Waals surface area contributed by atoms with Gasteiger partial charge in [0.2, 0.25) is 15.9 Å². The van der Waals surface area contributed by atoms with Gasteiger partial charge in [0.1, 0.15) is 5.75 Å². The number of hydrogen-bond acceptors (Lipinski definition) is 5. The summed E-state index contributed by atoms with van der Waals surface area (Å²) in [6.45, 7) is 3.72. The minimum absolute atomic E-state index is 0.0973. The number of hydrogen-bond donors (Lipinski definition) is 1. The third-order valence-electron chi connectivity index (χ3n) is 8.26. The highest BCUT2D eigenvalue weighted by Gasteiger charge is 2.54. The molecule has 8 heteroatoms. The van der Waals surface area contributed by atoms with Crippen molar-refractivity contribution in [1.29, 1.82) is 0 Å². The Bertz CT molecular complexity index is 903. The molecule has 4 saturated carbocycles. The summed E-state index contributed by atoms with van der Waals surface area (Å²) in [6, 6.07) is 6.55. The molecule has 1 heterocycles. The van der Waals surface area contributed by atoms with Crippen molar-refractivity contribution in [1.82, 2.24) is 14.5 Å². The first-order valence-electron chi connectivity index (χ1n) is 12.0. The Morgan fingerprint density at radius 1 is 1.00 bits per heavy atom. The van der Waals surface area contributed by atoms with Crippen LogP contribution in [-0.2, 0) is 14.8 Å². The molecule has 1 aromatic carbocycles. The molecule has 5 fully saturated rings. The number of amides is 1. The van der Waals surface area contributed by atoms with Gasteiger partial charge in [-0.1, -0.05) is 0 Å². The van der Waals surface area contributed by atoms with Crippen molar-refractivity contribution in [3.8, 4) is 5.75 Å². The summed E-state index contributed by atoms with van der Waals surface area (Å²) >= 11 is 0. The van der Waals surface area contributed by atoms with Gasteiger partial charge in [0.05, 0.1) is 12.0 Å². The zero-order valence-electron chi connectivity index (χ0n) is 19.0. The maximum absolute atomic E-state index is 13.1. The minimum atomic E-state index is -3.49. The van der Waals surface area contributed by atoms with Crippen LogP contribution in [0.1, 0.15) is 38.5 Å². The molecule has 32 heavy (non-hydrogen) atoms. The largest absolute Gasteiger partial charge is 0.497 e. The summed E-state index contributed by atoms with van der Waals surface area (Å²) in [5.74, 6) is 3.23. The molecule has 7 nitrogen and oxygen atoms in total. The normalized spacial score (nSPS) is 32.7. The number of rotatable bonds is 7. The van der Waals surface area contributed by atoms with Crippen molar-refractivity contribution < 1.29 is 17.9 Å². The first kappa shape index (κ1) is 22.2. The summed E-state index contributed by atoms with van der Waals surface area (Å²) in [7, 11) is -1.93. The average molecular weight is 462 g/mol. The van der Waals surface area contributed by atoms with Crippen LogP contribution >= 0.6 is 0 Å². The molecule has 1 saturated heterocycles. The molecular weight excluding hydrogens is 426 g/mol. The number of carbonyl (C=O) groups excluding carboxylic acids is 1. The summed E-state index contributed by atoms with van der Waals surface area (Å²) in [5.41, 5.74) is -0.0973. The Kier molecular flexibility index (Phi) is 5.97. The fourth-order valence-corrected chi connectivity index (χ4v) is 8.42. The van der Waals surface area contributed by atoms with E-state index in [-0.39, 0.29) is 11.3 Å². The van der Waals surface area contributed by atoms with E-state index in [1.54, 1.807) is 35.7 Å². The third-order valence-corrected chi connectivity index (χ3v) is 10.2. The third kappa shape index (κ3) is 4.17. The molecule has 5 aliphatic rings. The lowest BCUT2D eigenvalue weighted by molar-refractivity contribution is -0.146. The number of nitrogens with zero attached hydrogens (tertiary/aromatic N) is 2. The molecule has 1 amide bonds. The number of methoxy groups -OCH3 is 1. The second kappa shape index (κ2) is 8.61. The van der Waals surface area contributed by atoms with E-state index in [0.717, 1.165) is 43.6 Å². The smallest absolute Gasteiger partial charge is 0.243 e. The van der Waals surface area contributed by atoms with Crippen LogP contribution in [0.2, 0.25) is 0 Å². The van der Waals surface area contributed by atoms with E-state index in [1.807, 2.05) is 0 Å². The van der Waals surface area contributed by atoms with Crippen LogP contribution < -0.4 is 10.1 Å². The molecule has 4 bridgehead atoms. The van der Waals surface area contributed by atoms with Gasteiger partial charge in [-0.25, -0.2) is 8.42 Å². The van der Waals surface area contributed by atoms with E-state index in [1.165, 1.54) is 19.3 Å². The van der Waals surface area contributed by atoms with Crippen LogP contribution in [0.5, 0.6) is 5.75 Å².